The highest BCUT2D eigenvalue weighted by atomic mass is 32.2. The minimum Gasteiger partial charge on any atom is -0.159 e. The fourth-order valence-corrected chi connectivity index (χ4v) is 5.84. The molecule has 0 amide bonds. The fraction of sp³-hybridized carbons (Fsp3) is 1.00. The van der Waals surface area contributed by atoms with Gasteiger partial charge in [0, 0.05) is 5.25 Å². The van der Waals surface area contributed by atoms with Gasteiger partial charge in [-0.15, -0.1) is 0 Å². The Labute approximate surface area is 138 Å². The molecule has 0 bridgehead atoms. The summed E-state index contributed by atoms with van der Waals surface area (Å²) in [6.07, 6.45) is 16.5. The van der Waals surface area contributed by atoms with E-state index in [0.29, 0.717) is 0 Å². The Kier molecular flexibility index (Phi) is 7.99. The summed E-state index contributed by atoms with van der Waals surface area (Å²) in [5, 5.41) is 0.952. The SMILES string of the molecule is CCCCC1CCCCC(SCC)CC(C)CCC2CC12. The van der Waals surface area contributed by atoms with Crippen LogP contribution in [0.1, 0.15) is 91.4 Å². The summed E-state index contributed by atoms with van der Waals surface area (Å²) in [7, 11) is 0. The Morgan fingerprint density at radius 2 is 1.76 bits per heavy atom. The Morgan fingerprint density at radius 3 is 2.52 bits per heavy atom. The Morgan fingerprint density at radius 1 is 0.952 bits per heavy atom. The fourth-order valence-electron chi connectivity index (χ4n) is 4.57. The summed E-state index contributed by atoms with van der Waals surface area (Å²) in [5.74, 6) is 5.60. The van der Waals surface area contributed by atoms with Crippen molar-refractivity contribution in [1.29, 1.82) is 0 Å². The van der Waals surface area contributed by atoms with Gasteiger partial charge in [-0.2, -0.15) is 11.8 Å². The monoisotopic (exact) mass is 310 g/mol. The summed E-state index contributed by atoms with van der Waals surface area (Å²) < 4.78 is 0. The summed E-state index contributed by atoms with van der Waals surface area (Å²) in [4.78, 5) is 0. The minimum atomic E-state index is 0.952. The molecular formula is C20H38S. The van der Waals surface area contributed by atoms with Crippen molar-refractivity contribution < 1.29 is 0 Å². The molecule has 2 aliphatic rings. The van der Waals surface area contributed by atoms with Crippen LogP contribution < -0.4 is 0 Å². The first-order chi connectivity index (χ1) is 10.2. The third-order valence-electron chi connectivity index (χ3n) is 5.96. The Bertz CT molecular complexity index is 275. The van der Waals surface area contributed by atoms with E-state index in [1.807, 2.05) is 0 Å². The zero-order chi connectivity index (χ0) is 15.1. The average Bonchev–Trinajstić information content (AvgIpc) is 3.23. The molecule has 5 unspecified atom stereocenters. The van der Waals surface area contributed by atoms with E-state index in [4.69, 9.17) is 0 Å². The molecular weight excluding hydrogens is 272 g/mol. The molecule has 0 aromatic rings. The highest BCUT2D eigenvalue weighted by Crippen LogP contribution is 2.51. The third-order valence-corrected chi connectivity index (χ3v) is 7.19. The molecule has 2 aliphatic carbocycles. The number of thioether (sulfide) groups is 1. The van der Waals surface area contributed by atoms with Crippen LogP contribution >= 0.6 is 11.8 Å². The van der Waals surface area contributed by atoms with E-state index in [1.165, 1.54) is 63.5 Å². The first-order valence-corrected chi connectivity index (χ1v) is 10.9. The number of hydrogen-bond donors (Lipinski definition) is 0. The molecule has 1 heteroatoms. The van der Waals surface area contributed by atoms with Crippen molar-refractivity contribution >= 4 is 11.8 Å². The van der Waals surface area contributed by atoms with Crippen LogP contribution in [0.4, 0.5) is 0 Å². The molecule has 0 spiro atoms. The molecule has 0 nitrogen and oxygen atoms in total. The standard InChI is InChI=1S/C20H38S/c1-4-6-9-17-10-7-8-11-19(21-5-2)14-16(3)12-13-18-15-20(17)18/h16-20H,4-15H2,1-3H3. The van der Waals surface area contributed by atoms with E-state index >= 15 is 0 Å². The van der Waals surface area contributed by atoms with Crippen LogP contribution in [0.15, 0.2) is 0 Å². The zero-order valence-corrected chi connectivity index (χ0v) is 15.6. The zero-order valence-electron chi connectivity index (χ0n) is 14.8. The van der Waals surface area contributed by atoms with Crippen molar-refractivity contribution in [3.63, 3.8) is 0 Å². The molecule has 0 aliphatic heterocycles. The summed E-state index contributed by atoms with van der Waals surface area (Å²) in [6, 6.07) is 0. The molecule has 21 heavy (non-hydrogen) atoms. The van der Waals surface area contributed by atoms with Crippen LogP contribution in [-0.2, 0) is 0 Å². The van der Waals surface area contributed by atoms with Crippen molar-refractivity contribution in [2.75, 3.05) is 5.75 Å². The summed E-state index contributed by atoms with van der Waals surface area (Å²) in [6.45, 7) is 7.20. The largest absolute Gasteiger partial charge is 0.159 e. The third kappa shape index (κ3) is 6.16. The highest BCUT2D eigenvalue weighted by Gasteiger charge is 2.41. The Hall–Kier alpha value is 0.350. The van der Waals surface area contributed by atoms with Crippen molar-refractivity contribution in [2.24, 2.45) is 23.7 Å². The minimum absolute atomic E-state index is 0.952. The van der Waals surface area contributed by atoms with Gasteiger partial charge < -0.3 is 0 Å². The van der Waals surface area contributed by atoms with Gasteiger partial charge in [-0.1, -0.05) is 65.7 Å². The quantitative estimate of drug-likeness (QED) is 0.530. The molecule has 0 heterocycles. The van der Waals surface area contributed by atoms with Gasteiger partial charge in [-0.3, -0.25) is 0 Å². The maximum Gasteiger partial charge on any atom is 0.00494 e. The first kappa shape index (κ1) is 17.7. The molecule has 2 rings (SSSR count). The number of fused-ring (bicyclic) bond motifs is 1. The molecule has 0 saturated heterocycles. The van der Waals surface area contributed by atoms with Gasteiger partial charge in [0.05, 0.1) is 0 Å². The molecule has 2 saturated carbocycles. The summed E-state index contributed by atoms with van der Waals surface area (Å²) in [5.41, 5.74) is 0. The van der Waals surface area contributed by atoms with Gasteiger partial charge >= 0.3 is 0 Å². The molecule has 0 aromatic carbocycles. The lowest BCUT2D eigenvalue weighted by Crippen LogP contribution is -2.12. The second kappa shape index (κ2) is 9.48. The van der Waals surface area contributed by atoms with E-state index in [2.05, 4.69) is 32.5 Å². The molecule has 0 radical (unpaired) electrons. The van der Waals surface area contributed by atoms with Crippen molar-refractivity contribution in [3.05, 3.63) is 0 Å². The highest BCUT2D eigenvalue weighted by molar-refractivity contribution is 7.99. The van der Waals surface area contributed by atoms with Crippen LogP contribution in [0.25, 0.3) is 0 Å². The van der Waals surface area contributed by atoms with Crippen molar-refractivity contribution in [2.45, 2.75) is 96.7 Å². The smallest absolute Gasteiger partial charge is 0.00494 e. The van der Waals surface area contributed by atoms with Gasteiger partial charge in [-0.25, -0.2) is 0 Å². The van der Waals surface area contributed by atoms with Crippen molar-refractivity contribution in [1.82, 2.24) is 0 Å². The topological polar surface area (TPSA) is 0 Å². The average molecular weight is 311 g/mol. The van der Waals surface area contributed by atoms with E-state index in [9.17, 15) is 0 Å². The van der Waals surface area contributed by atoms with Crippen LogP contribution in [0.5, 0.6) is 0 Å². The maximum atomic E-state index is 2.51. The predicted octanol–water partition coefficient (Wildman–Crippen LogP) is 6.93. The van der Waals surface area contributed by atoms with E-state index in [-0.39, 0.29) is 0 Å². The van der Waals surface area contributed by atoms with E-state index < -0.39 is 0 Å². The van der Waals surface area contributed by atoms with E-state index in [1.54, 1.807) is 12.8 Å². The number of hydrogen-bond acceptors (Lipinski definition) is 1. The first-order valence-electron chi connectivity index (χ1n) is 9.86. The van der Waals surface area contributed by atoms with Crippen LogP contribution in [-0.4, -0.2) is 11.0 Å². The van der Waals surface area contributed by atoms with Crippen LogP contribution in [0.2, 0.25) is 0 Å². The van der Waals surface area contributed by atoms with Gasteiger partial charge in [0.1, 0.15) is 0 Å². The van der Waals surface area contributed by atoms with Crippen molar-refractivity contribution in [3.8, 4) is 0 Å². The van der Waals surface area contributed by atoms with Gasteiger partial charge in [0.25, 0.3) is 0 Å². The lowest BCUT2D eigenvalue weighted by atomic mass is 9.87. The normalized spacial score (nSPS) is 38.1. The van der Waals surface area contributed by atoms with Gasteiger partial charge in [-0.05, 0) is 55.1 Å². The van der Waals surface area contributed by atoms with Gasteiger partial charge in [0.15, 0.2) is 0 Å². The molecule has 2 fully saturated rings. The second-order valence-electron chi connectivity index (χ2n) is 7.84. The summed E-state index contributed by atoms with van der Waals surface area (Å²) >= 11 is 2.23. The molecule has 124 valence electrons. The van der Waals surface area contributed by atoms with Crippen LogP contribution in [0, 0.1) is 23.7 Å². The number of rotatable bonds is 5. The number of unbranched alkanes of at least 4 members (excludes halogenated alkanes) is 1. The second-order valence-corrected chi connectivity index (χ2v) is 9.42. The molecule has 0 aromatic heterocycles. The van der Waals surface area contributed by atoms with Crippen LogP contribution in [0.3, 0.4) is 0 Å². The Balaban J connectivity index is 1.85. The van der Waals surface area contributed by atoms with E-state index in [0.717, 1.165) is 28.9 Å². The predicted molar refractivity (Wildman–Crippen MR) is 98.0 cm³/mol. The lowest BCUT2D eigenvalue weighted by Gasteiger charge is -2.23. The maximum absolute atomic E-state index is 2.51. The lowest BCUT2D eigenvalue weighted by molar-refractivity contribution is 0.332. The molecule has 5 atom stereocenters. The van der Waals surface area contributed by atoms with Gasteiger partial charge in [0.2, 0.25) is 0 Å². The molecule has 0 N–H and O–H groups in total.